The van der Waals surface area contributed by atoms with Crippen molar-refractivity contribution >= 4 is 5.97 Å². The van der Waals surface area contributed by atoms with E-state index in [1.54, 1.807) is 12.1 Å². The van der Waals surface area contributed by atoms with Crippen molar-refractivity contribution in [2.75, 3.05) is 6.61 Å². The first kappa shape index (κ1) is 13.5. The molecule has 1 unspecified atom stereocenters. The molecule has 0 saturated heterocycles. The normalized spacial score (nSPS) is 12.1. The molecule has 0 fully saturated rings. The van der Waals surface area contributed by atoms with E-state index in [-0.39, 0.29) is 6.61 Å². The first-order chi connectivity index (χ1) is 8.11. The molecular weight excluding hydrogens is 218 g/mol. The number of benzene rings is 1. The Hall–Kier alpha value is -1.55. The third kappa shape index (κ3) is 5.36. The van der Waals surface area contributed by atoms with Crippen LogP contribution in [0.1, 0.15) is 25.8 Å². The van der Waals surface area contributed by atoms with Gasteiger partial charge in [-0.2, -0.15) is 0 Å². The van der Waals surface area contributed by atoms with Crippen molar-refractivity contribution in [3.8, 4) is 5.75 Å². The number of hydrogen-bond donors (Lipinski definition) is 2. The zero-order valence-corrected chi connectivity index (χ0v) is 10.3. The fourth-order valence-corrected chi connectivity index (χ4v) is 1.29. The second-order valence-electron chi connectivity index (χ2n) is 4.02. The van der Waals surface area contributed by atoms with Crippen molar-refractivity contribution in [1.82, 2.24) is 5.32 Å². The molecular formula is C13H19NO3. The van der Waals surface area contributed by atoms with Gasteiger partial charge in [0.25, 0.3) is 0 Å². The molecule has 0 saturated carbocycles. The summed E-state index contributed by atoms with van der Waals surface area (Å²) in [6.45, 7) is 4.80. The summed E-state index contributed by atoms with van der Waals surface area (Å²) in [5.74, 6) is -0.382. The van der Waals surface area contributed by atoms with E-state index in [4.69, 9.17) is 9.84 Å². The zero-order valence-electron chi connectivity index (χ0n) is 10.3. The second-order valence-corrected chi connectivity index (χ2v) is 4.02. The maximum absolute atomic E-state index is 10.3. The van der Waals surface area contributed by atoms with E-state index in [0.717, 1.165) is 18.5 Å². The second kappa shape index (κ2) is 6.91. The smallest absolute Gasteiger partial charge is 0.341 e. The molecule has 1 atom stereocenters. The van der Waals surface area contributed by atoms with Crippen LogP contribution in [0.25, 0.3) is 0 Å². The molecule has 1 aromatic rings. The van der Waals surface area contributed by atoms with Crippen LogP contribution < -0.4 is 10.1 Å². The summed E-state index contributed by atoms with van der Waals surface area (Å²) in [6.07, 6.45) is 1.10. The largest absolute Gasteiger partial charge is 0.482 e. The molecule has 0 aromatic heterocycles. The highest BCUT2D eigenvalue weighted by molar-refractivity contribution is 5.68. The fourth-order valence-electron chi connectivity index (χ4n) is 1.29. The molecule has 0 radical (unpaired) electrons. The molecule has 0 spiro atoms. The summed E-state index contributed by atoms with van der Waals surface area (Å²) >= 11 is 0. The van der Waals surface area contributed by atoms with Crippen molar-refractivity contribution in [3.05, 3.63) is 29.8 Å². The van der Waals surface area contributed by atoms with E-state index in [1.165, 1.54) is 0 Å². The molecule has 0 aliphatic heterocycles. The van der Waals surface area contributed by atoms with Crippen molar-refractivity contribution in [1.29, 1.82) is 0 Å². The van der Waals surface area contributed by atoms with E-state index in [1.807, 2.05) is 12.1 Å². The summed E-state index contributed by atoms with van der Waals surface area (Å²) in [5, 5.41) is 11.9. The van der Waals surface area contributed by atoms with Gasteiger partial charge < -0.3 is 15.2 Å². The molecule has 0 aliphatic carbocycles. The molecule has 4 heteroatoms. The number of carboxylic acids is 1. The number of hydrogen-bond acceptors (Lipinski definition) is 3. The minimum atomic E-state index is -0.965. The first-order valence-electron chi connectivity index (χ1n) is 5.78. The zero-order chi connectivity index (χ0) is 12.7. The molecule has 4 nitrogen and oxygen atoms in total. The molecule has 17 heavy (non-hydrogen) atoms. The van der Waals surface area contributed by atoms with E-state index in [0.29, 0.717) is 11.8 Å². The highest BCUT2D eigenvalue weighted by Crippen LogP contribution is 2.12. The monoisotopic (exact) mass is 237 g/mol. The summed E-state index contributed by atoms with van der Waals surface area (Å²) in [5.41, 5.74) is 1.16. The van der Waals surface area contributed by atoms with Crippen molar-refractivity contribution < 1.29 is 14.6 Å². The van der Waals surface area contributed by atoms with Gasteiger partial charge in [-0.05, 0) is 31.0 Å². The predicted molar refractivity (Wildman–Crippen MR) is 66.2 cm³/mol. The summed E-state index contributed by atoms with van der Waals surface area (Å²) in [4.78, 5) is 10.3. The Morgan fingerprint density at radius 3 is 2.59 bits per heavy atom. The van der Waals surface area contributed by atoms with Gasteiger partial charge in [-0.25, -0.2) is 4.79 Å². The number of carboxylic acid groups (broad SMARTS) is 1. The van der Waals surface area contributed by atoms with Crippen LogP contribution in [0, 0.1) is 0 Å². The topological polar surface area (TPSA) is 58.6 Å². The Labute approximate surface area is 102 Å². The van der Waals surface area contributed by atoms with Gasteiger partial charge in [-0.15, -0.1) is 0 Å². The van der Waals surface area contributed by atoms with Crippen LogP contribution >= 0.6 is 0 Å². The Kier molecular flexibility index (Phi) is 5.49. The predicted octanol–water partition coefficient (Wildman–Crippen LogP) is 2.04. The fraction of sp³-hybridized carbons (Fsp3) is 0.462. The average molecular weight is 237 g/mol. The van der Waals surface area contributed by atoms with E-state index < -0.39 is 5.97 Å². The van der Waals surface area contributed by atoms with Gasteiger partial charge >= 0.3 is 5.97 Å². The minimum Gasteiger partial charge on any atom is -0.482 e. The van der Waals surface area contributed by atoms with Crippen LogP contribution in [0.15, 0.2) is 24.3 Å². The molecule has 94 valence electrons. The van der Waals surface area contributed by atoms with Crippen LogP contribution in [-0.4, -0.2) is 23.7 Å². The maximum Gasteiger partial charge on any atom is 0.341 e. The molecule has 0 amide bonds. The molecule has 0 heterocycles. The maximum atomic E-state index is 10.3. The summed E-state index contributed by atoms with van der Waals surface area (Å²) in [7, 11) is 0. The Morgan fingerprint density at radius 1 is 1.41 bits per heavy atom. The third-order valence-electron chi connectivity index (χ3n) is 2.55. The van der Waals surface area contributed by atoms with Crippen molar-refractivity contribution in [3.63, 3.8) is 0 Å². The van der Waals surface area contributed by atoms with Gasteiger partial charge in [0.05, 0.1) is 0 Å². The SMILES string of the molecule is CCC(C)NCc1ccc(OCC(=O)O)cc1. The quantitative estimate of drug-likeness (QED) is 0.762. The average Bonchev–Trinajstić information content (AvgIpc) is 2.34. The third-order valence-corrected chi connectivity index (χ3v) is 2.55. The summed E-state index contributed by atoms with van der Waals surface area (Å²) in [6, 6.07) is 7.95. The lowest BCUT2D eigenvalue weighted by molar-refractivity contribution is -0.139. The van der Waals surface area contributed by atoms with Gasteiger partial charge in [0.1, 0.15) is 5.75 Å². The lowest BCUT2D eigenvalue weighted by Crippen LogP contribution is -2.24. The van der Waals surface area contributed by atoms with Gasteiger partial charge in [-0.1, -0.05) is 19.1 Å². The molecule has 2 N–H and O–H groups in total. The van der Waals surface area contributed by atoms with Crippen molar-refractivity contribution in [2.24, 2.45) is 0 Å². The lowest BCUT2D eigenvalue weighted by Gasteiger charge is -2.11. The van der Waals surface area contributed by atoms with Crippen LogP contribution in [0.5, 0.6) is 5.75 Å². The van der Waals surface area contributed by atoms with Crippen LogP contribution in [0.2, 0.25) is 0 Å². The minimum absolute atomic E-state index is 0.301. The molecule has 1 aromatic carbocycles. The van der Waals surface area contributed by atoms with Crippen molar-refractivity contribution in [2.45, 2.75) is 32.9 Å². The molecule has 0 bridgehead atoms. The van der Waals surface area contributed by atoms with Crippen LogP contribution in [0.4, 0.5) is 0 Å². The highest BCUT2D eigenvalue weighted by Gasteiger charge is 2.01. The Bertz CT molecular complexity index is 348. The van der Waals surface area contributed by atoms with E-state index >= 15 is 0 Å². The van der Waals surface area contributed by atoms with Gasteiger partial charge in [0, 0.05) is 12.6 Å². The Morgan fingerprint density at radius 2 is 2.06 bits per heavy atom. The molecule has 0 aliphatic rings. The van der Waals surface area contributed by atoms with E-state index in [9.17, 15) is 4.79 Å². The highest BCUT2D eigenvalue weighted by atomic mass is 16.5. The number of ether oxygens (including phenoxy) is 1. The summed E-state index contributed by atoms with van der Waals surface area (Å²) < 4.78 is 5.05. The van der Waals surface area contributed by atoms with Crippen LogP contribution in [-0.2, 0) is 11.3 Å². The molecule has 1 rings (SSSR count). The number of rotatable bonds is 7. The first-order valence-corrected chi connectivity index (χ1v) is 5.78. The lowest BCUT2D eigenvalue weighted by atomic mass is 10.2. The van der Waals surface area contributed by atoms with Crippen LogP contribution in [0.3, 0.4) is 0 Å². The Balaban J connectivity index is 2.41. The standard InChI is InChI=1S/C13H19NO3/c1-3-10(2)14-8-11-4-6-12(7-5-11)17-9-13(15)16/h4-7,10,14H,3,8-9H2,1-2H3,(H,15,16). The van der Waals surface area contributed by atoms with Gasteiger partial charge in [0.15, 0.2) is 6.61 Å². The van der Waals surface area contributed by atoms with Gasteiger partial charge in [0.2, 0.25) is 0 Å². The van der Waals surface area contributed by atoms with Gasteiger partial charge in [-0.3, -0.25) is 0 Å². The number of nitrogens with one attached hydrogen (secondary N) is 1. The number of carbonyl (C=O) groups is 1. The number of aliphatic carboxylic acids is 1. The van der Waals surface area contributed by atoms with E-state index in [2.05, 4.69) is 19.2 Å².